The van der Waals surface area contributed by atoms with Gasteiger partial charge in [-0.25, -0.2) is 0 Å². The first-order valence-corrected chi connectivity index (χ1v) is 22.1. The quantitative estimate of drug-likeness (QED) is 0.125. The van der Waals surface area contributed by atoms with E-state index in [2.05, 4.69) is 178 Å². The molecule has 0 bridgehead atoms. The van der Waals surface area contributed by atoms with Crippen LogP contribution in [0.25, 0.3) is 43.8 Å². The molecule has 4 heteroatoms. The zero-order valence-electron chi connectivity index (χ0n) is 29.1. The first kappa shape index (κ1) is 38.1. The first-order valence-electron chi connectivity index (χ1n) is 15.8. The summed E-state index contributed by atoms with van der Waals surface area (Å²) in [6, 6.07) is 40.2. The van der Waals surface area contributed by atoms with Crippen LogP contribution in [0.2, 0.25) is 13.1 Å². The van der Waals surface area contributed by atoms with Gasteiger partial charge < -0.3 is 0 Å². The molecule has 0 amide bonds. The van der Waals surface area contributed by atoms with Crippen LogP contribution in [0.1, 0.15) is 63.8 Å². The summed E-state index contributed by atoms with van der Waals surface area (Å²) in [6.45, 7) is 22.1. The predicted molar refractivity (Wildman–Crippen MR) is 206 cm³/mol. The van der Waals surface area contributed by atoms with Gasteiger partial charge in [-0.05, 0) is 33.1 Å². The van der Waals surface area contributed by atoms with Crippen LogP contribution >= 0.6 is 18.6 Å². The fourth-order valence-electron chi connectivity index (χ4n) is 5.57. The molecule has 0 aliphatic carbocycles. The van der Waals surface area contributed by atoms with Crippen molar-refractivity contribution in [3.05, 3.63) is 131 Å². The minimum atomic E-state index is -0.556. The Kier molecular flexibility index (Phi) is 14.2. The predicted octanol–water partition coefficient (Wildman–Crippen LogP) is 13.8. The fraction of sp³-hybridized carbons (Fsp3) is 0.286. The number of hydrogen-bond acceptors (Lipinski definition) is 0. The number of hydrogen-bond donors (Lipinski definition) is 0. The molecule has 0 unspecified atom stereocenters. The molecule has 0 nitrogen and oxygen atoms in total. The Balaban J connectivity index is 0.000000214. The summed E-state index contributed by atoms with van der Waals surface area (Å²) in [5, 5.41) is 5.38. The zero-order valence-corrected chi connectivity index (χ0v) is 33.2. The molecule has 6 aromatic carbocycles. The Hall–Kier alpha value is -2.39. The number of halogens is 2. The molecule has 6 aromatic rings. The second-order valence-electron chi connectivity index (χ2n) is 13.9. The van der Waals surface area contributed by atoms with Crippen molar-refractivity contribution in [1.82, 2.24) is 0 Å². The van der Waals surface area contributed by atoms with Gasteiger partial charge in [-0.15, -0.1) is 69.1 Å². The first-order chi connectivity index (χ1) is 21.7. The van der Waals surface area contributed by atoms with E-state index in [-0.39, 0.29) is 10.8 Å². The molecule has 0 N–H and O–H groups in total. The maximum atomic E-state index is 4.89. The van der Waals surface area contributed by atoms with Gasteiger partial charge >= 0.3 is 35.6 Å². The molecular formula is C42H48Cl2SiTi-2. The number of aryl methyl sites for hydroxylation is 2. The van der Waals surface area contributed by atoms with Gasteiger partial charge in [0.05, 0.1) is 0 Å². The molecule has 0 aromatic heterocycles. The zero-order chi connectivity index (χ0) is 34.1. The van der Waals surface area contributed by atoms with E-state index in [4.69, 9.17) is 18.6 Å². The van der Waals surface area contributed by atoms with Gasteiger partial charge in [-0.1, -0.05) is 140 Å². The van der Waals surface area contributed by atoms with E-state index in [0.29, 0.717) is 0 Å². The molecule has 2 radical (unpaired) electrons. The molecule has 6 rings (SSSR count). The maximum absolute atomic E-state index is 4.89. The van der Waals surface area contributed by atoms with Crippen molar-refractivity contribution in [2.45, 2.75) is 79.3 Å². The molecule has 46 heavy (non-hydrogen) atoms. The molecule has 0 aliphatic heterocycles. The molecule has 0 saturated carbocycles. The summed E-state index contributed by atoms with van der Waals surface area (Å²) < 4.78 is 0. The summed E-state index contributed by atoms with van der Waals surface area (Å²) in [4.78, 5) is 0. The van der Waals surface area contributed by atoms with E-state index in [1.54, 1.807) is 0 Å². The second kappa shape index (κ2) is 17.1. The fourth-order valence-corrected chi connectivity index (χ4v) is 5.57. The van der Waals surface area contributed by atoms with E-state index >= 15 is 0 Å². The van der Waals surface area contributed by atoms with Gasteiger partial charge in [-0.3, -0.25) is 0 Å². The molecule has 0 fully saturated rings. The summed E-state index contributed by atoms with van der Waals surface area (Å²) in [6.07, 6.45) is 0. The van der Waals surface area contributed by atoms with E-state index in [9.17, 15) is 0 Å². The van der Waals surface area contributed by atoms with Crippen LogP contribution in [0, 0.1) is 13.8 Å². The van der Waals surface area contributed by atoms with Gasteiger partial charge in [0.15, 0.2) is 0 Å². The Labute approximate surface area is 297 Å². The van der Waals surface area contributed by atoms with Crippen LogP contribution in [-0.4, -0.2) is 9.52 Å². The molecule has 0 atom stereocenters. The summed E-state index contributed by atoms with van der Waals surface area (Å²) >= 11 is -0.556. The summed E-state index contributed by atoms with van der Waals surface area (Å²) in [7, 11) is 10.9. The van der Waals surface area contributed by atoms with Gasteiger partial charge in [-0.2, -0.15) is 12.1 Å². The van der Waals surface area contributed by atoms with Crippen molar-refractivity contribution >= 4 is 49.7 Å². The van der Waals surface area contributed by atoms with Gasteiger partial charge in [0.25, 0.3) is 0 Å². The van der Waals surface area contributed by atoms with Crippen LogP contribution in [0.4, 0.5) is 0 Å². The third-order valence-electron chi connectivity index (χ3n) is 7.91. The number of fused-ring (bicyclic) bond motifs is 2. The van der Waals surface area contributed by atoms with Crippen molar-refractivity contribution in [1.29, 1.82) is 0 Å². The van der Waals surface area contributed by atoms with Crippen LogP contribution < -0.4 is 0 Å². The summed E-state index contributed by atoms with van der Waals surface area (Å²) in [5.74, 6) is 0. The van der Waals surface area contributed by atoms with E-state index in [1.807, 2.05) is 0 Å². The van der Waals surface area contributed by atoms with Crippen molar-refractivity contribution in [3.8, 4) is 22.3 Å². The van der Waals surface area contributed by atoms with E-state index in [1.165, 1.54) is 66.1 Å². The standard InChI is InChI=1S/2C20H21.C2H6Si.2ClH.Ti/c2*1-14-12-16-6-5-7-18(19(16)13-14)15-8-10-17(11-9-15)20(2,3)4;1-3-2;;;/h2*5-13H,1-4H3;1-2H3;2*1H;/q2*-1;;;;+2/p-2. The normalized spacial score (nSPS) is 11.1. The molecule has 240 valence electrons. The van der Waals surface area contributed by atoms with Gasteiger partial charge in [0, 0.05) is 9.52 Å². The van der Waals surface area contributed by atoms with Crippen molar-refractivity contribution in [3.63, 3.8) is 0 Å². The molecule has 0 spiro atoms. The topological polar surface area (TPSA) is 0 Å². The molecular weight excluding hydrogens is 651 g/mol. The monoisotopic (exact) mass is 698 g/mol. The average Bonchev–Trinajstić information content (AvgIpc) is 3.58. The van der Waals surface area contributed by atoms with Gasteiger partial charge in [0.2, 0.25) is 0 Å². The van der Waals surface area contributed by atoms with Crippen LogP contribution in [0.15, 0.2) is 109 Å². The number of benzene rings is 4. The van der Waals surface area contributed by atoms with Crippen LogP contribution in [0.3, 0.4) is 0 Å². The Morgan fingerprint density at radius 1 is 0.543 bits per heavy atom. The van der Waals surface area contributed by atoms with Crippen molar-refractivity contribution < 1.29 is 17.0 Å². The van der Waals surface area contributed by atoms with Crippen LogP contribution in [0.5, 0.6) is 0 Å². The molecule has 0 heterocycles. The van der Waals surface area contributed by atoms with Crippen LogP contribution in [-0.2, 0) is 27.9 Å². The third kappa shape index (κ3) is 10.3. The Morgan fingerprint density at radius 2 is 0.848 bits per heavy atom. The Morgan fingerprint density at radius 3 is 1.13 bits per heavy atom. The summed E-state index contributed by atoms with van der Waals surface area (Å²) in [5.41, 5.74) is 11.1. The number of rotatable bonds is 2. The second-order valence-corrected chi connectivity index (χ2v) is 17.5. The molecule has 0 aliphatic rings. The van der Waals surface area contributed by atoms with E-state index in [0.717, 1.165) is 9.52 Å². The molecule has 0 saturated heterocycles. The van der Waals surface area contributed by atoms with E-state index < -0.39 is 17.0 Å². The average molecular weight is 700 g/mol. The minimum absolute atomic E-state index is 0.210. The van der Waals surface area contributed by atoms with Crippen molar-refractivity contribution in [2.75, 3.05) is 0 Å². The Bertz CT molecular complexity index is 1660. The van der Waals surface area contributed by atoms with Gasteiger partial charge in [0.1, 0.15) is 0 Å². The third-order valence-corrected chi connectivity index (χ3v) is 7.91. The SMILES string of the molecule is C[Si]C.Cc1cc2c(-c3ccc(C(C)(C)C)cc3)cccc2[cH-]1.Cc1cc2c(-c3ccc(C(C)(C)C)cc3)cccc2[cH-]1.[Cl][Ti][Cl]. The van der Waals surface area contributed by atoms with Crippen molar-refractivity contribution in [2.24, 2.45) is 0 Å².